The van der Waals surface area contributed by atoms with Gasteiger partial charge in [0, 0.05) is 25.2 Å². The number of aliphatic hydroxyl groups is 1. The SMILES string of the molecule is CCN1CC(C)(O)CNC(C)(C)C1. The molecule has 0 saturated carbocycles. The number of hydrogen-bond donors (Lipinski definition) is 2. The summed E-state index contributed by atoms with van der Waals surface area (Å²) in [5, 5.41) is 13.4. The number of nitrogens with zero attached hydrogens (tertiary/aromatic N) is 1. The molecule has 1 unspecified atom stereocenters. The van der Waals surface area contributed by atoms with Crippen molar-refractivity contribution in [1.29, 1.82) is 0 Å². The van der Waals surface area contributed by atoms with Gasteiger partial charge in [-0.05, 0) is 27.3 Å². The van der Waals surface area contributed by atoms with Gasteiger partial charge < -0.3 is 10.4 Å². The molecule has 0 spiro atoms. The Morgan fingerprint density at radius 1 is 1.31 bits per heavy atom. The van der Waals surface area contributed by atoms with E-state index in [0.29, 0.717) is 6.54 Å². The van der Waals surface area contributed by atoms with Crippen molar-refractivity contribution in [2.24, 2.45) is 0 Å². The summed E-state index contributed by atoms with van der Waals surface area (Å²) < 4.78 is 0. The summed E-state index contributed by atoms with van der Waals surface area (Å²) in [5.41, 5.74) is -0.486. The summed E-state index contributed by atoms with van der Waals surface area (Å²) >= 11 is 0. The van der Waals surface area contributed by atoms with Crippen molar-refractivity contribution < 1.29 is 5.11 Å². The minimum Gasteiger partial charge on any atom is -0.388 e. The lowest BCUT2D eigenvalue weighted by Gasteiger charge is -2.29. The average Bonchev–Trinajstić information content (AvgIpc) is 2.08. The van der Waals surface area contributed by atoms with Gasteiger partial charge in [-0.25, -0.2) is 0 Å². The van der Waals surface area contributed by atoms with Crippen LogP contribution in [0.15, 0.2) is 0 Å². The molecule has 2 N–H and O–H groups in total. The van der Waals surface area contributed by atoms with Crippen LogP contribution in [0.1, 0.15) is 27.7 Å². The Labute approximate surface area is 81.1 Å². The smallest absolute Gasteiger partial charge is 0.0869 e. The molecule has 3 nitrogen and oxygen atoms in total. The molecule has 1 aliphatic heterocycles. The van der Waals surface area contributed by atoms with Gasteiger partial charge in [-0.2, -0.15) is 0 Å². The molecule has 13 heavy (non-hydrogen) atoms. The van der Waals surface area contributed by atoms with Crippen LogP contribution in [0.4, 0.5) is 0 Å². The molecule has 0 radical (unpaired) electrons. The third-order valence-electron chi connectivity index (χ3n) is 2.58. The van der Waals surface area contributed by atoms with Crippen molar-refractivity contribution in [3.05, 3.63) is 0 Å². The lowest BCUT2D eigenvalue weighted by Crippen LogP contribution is -2.47. The molecule has 0 amide bonds. The van der Waals surface area contributed by atoms with Gasteiger partial charge in [-0.15, -0.1) is 0 Å². The van der Waals surface area contributed by atoms with E-state index < -0.39 is 5.60 Å². The molecule has 0 aliphatic carbocycles. The second-order valence-electron chi connectivity index (χ2n) is 5.04. The Morgan fingerprint density at radius 3 is 2.46 bits per heavy atom. The minimum absolute atomic E-state index is 0.108. The van der Waals surface area contributed by atoms with Crippen molar-refractivity contribution in [3.63, 3.8) is 0 Å². The zero-order chi connectivity index (χ0) is 10.1. The van der Waals surface area contributed by atoms with Gasteiger partial charge in [-0.3, -0.25) is 4.90 Å². The van der Waals surface area contributed by atoms with E-state index in [1.54, 1.807) is 0 Å². The van der Waals surface area contributed by atoms with Gasteiger partial charge in [0.15, 0.2) is 0 Å². The summed E-state index contributed by atoms with van der Waals surface area (Å²) in [5.74, 6) is 0. The van der Waals surface area contributed by atoms with E-state index in [1.165, 1.54) is 0 Å². The second-order valence-corrected chi connectivity index (χ2v) is 5.04. The van der Waals surface area contributed by atoms with Gasteiger partial charge in [0.25, 0.3) is 0 Å². The summed E-state index contributed by atoms with van der Waals surface area (Å²) in [6, 6.07) is 0. The van der Waals surface area contributed by atoms with E-state index in [9.17, 15) is 5.11 Å². The van der Waals surface area contributed by atoms with Crippen molar-refractivity contribution in [2.45, 2.75) is 38.8 Å². The fraction of sp³-hybridized carbons (Fsp3) is 1.00. The predicted molar refractivity (Wildman–Crippen MR) is 54.8 cm³/mol. The molecule has 0 bridgehead atoms. The quantitative estimate of drug-likeness (QED) is 0.624. The molecule has 1 fully saturated rings. The highest BCUT2D eigenvalue weighted by atomic mass is 16.3. The highest BCUT2D eigenvalue weighted by Gasteiger charge is 2.32. The number of β-amino-alcohol motifs (C(OH)–C–C–N with tert-alkyl or cyclic N) is 1. The molecular formula is C10H22N2O. The first-order valence-electron chi connectivity index (χ1n) is 5.04. The van der Waals surface area contributed by atoms with E-state index >= 15 is 0 Å². The van der Waals surface area contributed by atoms with Crippen LogP contribution in [0.3, 0.4) is 0 Å². The van der Waals surface area contributed by atoms with E-state index in [1.807, 2.05) is 6.92 Å². The van der Waals surface area contributed by atoms with Crippen LogP contribution in [0.5, 0.6) is 0 Å². The lowest BCUT2D eigenvalue weighted by molar-refractivity contribution is 0.0357. The van der Waals surface area contributed by atoms with Crippen LogP contribution in [-0.4, -0.2) is 47.3 Å². The Hall–Kier alpha value is -0.120. The molecule has 1 heterocycles. The van der Waals surface area contributed by atoms with Gasteiger partial charge in [0.2, 0.25) is 0 Å². The minimum atomic E-state index is -0.593. The van der Waals surface area contributed by atoms with E-state index in [2.05, 4.69) is 31.0 Å². The van der Waals surface area contributed by atoms with Crippen LogP contribution in [0.25, 0.3) is 0 Å². The van der Waals surface area contributed by atoms with Crippen LogP contribution < -0.4 is 5.32 Å². The maximum absolute atomic E-state index is 9.98. The molecule has 78 valence electrons. The van der Waals surface area contributed by atoms with Crippen molar-refractivity contribution in [3.8, 4) is 0 Å². The normalized spacial score (nSPS) is 35.8. The summed E-state index contributed by atoms with van der Waals surface area (Å²) in [7, 11) is 0. The Kier molecular flexibility index (Phi) is 3.00. The van der Waals surface area contributed by atoms with E-state index in [4.69, 9.17) is 0 Å². The fourth-order valence-corrected chi connectivity index (χ4v) is 1.86. The van der Waals surface area contributed by atoms with E-state index in [0.717, 1.165) is 19.6 Å². The molecule has 1 aliphatic rings. The first kappa shape index (κ1) is 11.0. The number of nitrogens with one attached hydrogen (secondary N) is 1. The average molecular weight is 186 g/mol. The van der Waals surface area contributed by atoms with E-state index in [-0.39, 0.29) is 5.54 Å². The second kappa shape index (κ2) is 3.56. The highest BCUT2D eigenvalue weighted by molar-refractivity contribution is 4.92. The molecule has 0 aromatic rings. The van der Waals surface area contributed by atoms with Crippen LogP contribution in [0, 0.1) is 0 Å². The topological polar surface area (TPSA) is 35.5 Å². The lowest BCUT2D eigenvalue weighted by atomic mass is 10.1. The number of rotatable bonds is 1. The standard InChI is InChI=1S/C10H22N2O/c1-5-12-7-9(2,3)11-6-10(4,13)8-12/h11,13H,5-8H2,1-4H3. The first-order chi connectivity index (χ1) is 5.85. The van der Waals surface area contributed by atoms with Gasteiger partial charge in [-0.1, -0.05) is 6.92 Å². The third-order valence-corrected chi connectivity index (χ3v) is 2.58. The first-order valence-corrected chi connectivity index (χ1v) is 5.04. The Morgan fingerprint density at radius 2 is 1.92 bits per heavy atom. The van der Waals surface area contributed by atoms with Crippen molar-refractivity contribution in [2.75, 3.05) is 26.2 Å². The Balaban J connectivity index is 2.69. The molecule has 1 atom stereocenters. The maximum Gasteiger partial charge on any atom is 0.0869 e. The van der Waals surface area contributed by atoms with Crippen molar-refractivity contribution in [1.82, 2.24) is 10.2 Å². The van der Waals surface area contributed by atoms with Crippen LogP contribution >= 0.6 is 0 Å². The van der Waals surface area contributed by atoms with Gasteiger partial charge in [0.1, 0.15) is 0 Å². The van der Waals surface area contributed by atoms with Crippen LogP contribution in [0.2, 0.25) is 0 Å². The van der Waals surface area contributed by atoms with Crippen molar-refractivity contribution >= 4 is 0 Å². The summed E-state index contributed by atoms with van der Waals surface area (Å²) in [6.07, 6.45) is 0. The molecule has 0 aromatic heterocycles. The molecule has 0 aromatic carbocycles. The summed E-state index contributed by atoms with van der Waals surface area (Å²) in [4.78, 5) is 2.29. The molecule has 1 rings (SSSR count). The zero-order valence-electron chi connectivity index (χ0n) is 9.22. The largest absolute Gasteiger partial charge is 0.388 e. The van der Waals surface area contributed by atoms with Gasteiger partial charge >= 0.3 is 0 Å². The third kappa shape index (κ3) is 3.25. The Bertz CT molecular complexity index is 160. The predicted octanol–water partition coefficient (Wildman–Crippen LogP) is 0.441. The number of likely N-dealkylation sites (N-methyl/N-ethyl adjacent to an activating group) is 1. The van der Waals surface area contributed by atoms with Gasteiger partial charge in [0.05, 0.1) is 5.60 Å². The molecule has 1 saturated heterocycles. The summed E-state index contributed by atoms with van der Waals surface area (Å²) in [6.45, 7) is 11.8. The van der Waals surface area contributed by atoms with Crippen LogP contribution in [-0.2, 0) is 0 Å². The highest BCUT2D eigenvalue weighted by Crippen LogP contribution is 2.15. The monoisotopic (exact) mass is 186 g/mol. The molecule has 3 heteroatoms. The zero-order valence-corrected chi connectivity index (χ0v) is 9.22. The molecular weight excluding hydrogens is 164 g/mol. The number of hydrogen-bond acceptors (Lipinski definition) is 3. The fourth-order valence-electron chi connectivity index (χ4n) is 1.86. The maximum atomic E-state index is 9.98.